The molecule has 0 saturated carbocycles. The lowest BCUT2D eigenvalue weighted by Gasteiger charge is -2.36. The average Bonchev–Trinajstić information content (AvgIpc) is 3.46. The van der Waals surface area contributed by atoms with Crippen molar-refractivity contribution in [2.24, 2.45) is 5.41 Å². The molecule has 1 N–H and O–H groups in total. The highest BCUT2D eigenvalue weighted by molar-refractivity contribution is 7.17. The molecule has 5 rings (SSSR count). The third kappa shape index (κ3) is 7.12. The van der Waals surface area contributed by atoms with Crippen LogP contribution in [0, 0.1) is 5.41 Å². The Balaban J connectivity index is 1.09. The zero-order valence-electron chi connectivity index (χ0n) is 24.6. The molecule has 4 aromatic rings. The first kappa shape index (κ1) is 29.6. The number of aliphatic hydroxyl groups excluding tert-OH is 1. The van der Waals surface area contributed by atoms with Crippen LogP contribution in [0.15, 0.2) is 64.8 Å². The fourth-order valence-corrected chi connectivity index (χ4v) is 6.53. The molecule has 1 aliphatic heterocycles. The summed E-state index contributed by atoms with van der Waals surface area (Å²) < 4.78 is 14.8. The summed E-state index contributed by atoms with van der Waals surface area (Å²) in [5.41, 5.74) is 1.55. The average molecular weight is 578 g/mol. The molecule has 1 unspecified atom stereocenters. The van der Waals surface area contributed by atoms with Gasteiger partial charge >= 0.3 is 0 Å². The standard InChI is InChI=1S/C33H43N3O4S/c1-4-15-33(2,3)32(38)40-24-36-29-23-26(12-10-25(29)11-13-31(36)37)39-21-6-5-16-34-17-19-35(20-18-34)28-8-7-9-30-27(28)14-22-41-30/h7-14,22-23,32,38H,4-6,15-21,24H2,1-3H3. The summed E-state index contributed by atoms with van der Waals surface area (Å²) in [7, 11) is 0. The second-order valence-electron chi connectivity index (χ2n) is 11.7. The van der Waals surface area contributed by atoms with Gasteiger partial charge in [0.2, 0.25) is 0 Å². The number of thiophene rings is 1. The maximum Gasteiger partial charge on any atom is 0.252 e. The second kappa shape index (κ2) is 13.4. The van der Waals surface area contributed by atoms with E-state index in [1.807, 2.05) is 49.4 Å². The molecule has 8 heteroatoms. The molecule has 0 spiro atoms. The van der Waals surface area contributed by atoms with Crippen LogP contribution < -0.4 is 15.2 Å². The number of nitrogens with zero attached hydrogens (tertiary/aromatic N) is 3. The van der Waals surface area contributed by atoms with Gasteiger partial charge < -0.3 is 19.5 Å². The Morgan fingerprint density at radius 3 is 2.63 bits per heavy atom. The molecule has 0 bridgehead atoms. The predicted molar refractivity (Wildman–Crippen MR) is 169 cm³/mol. The maximum absolute atomic E-state index is 12.7. The number of anilines is 1. The zero-order valence-corrected chi connectivity index (χ0v) is 25.4. The minimum atomic E-state index is -0.956. The Hall–Kier alpha value is -2.91. The Morgan fingerprint density at radius 2 is 1.83 bits per heavy atom. The summed E-state index contributed by atoms with van der Waals surface area (Å²) >= 11 is 1.81. The van der Waals surface area contributed by atoms with Crippen molar-refractivity contribution < 1.29 is 14.6 Å². The van der Waals surface area contributed by atoms with E-state index in [2.05, 4.69) is 46.4 Å². The molecule has 1 atom stereocenters. The highest BCUT2D eigenvalue weighted by Gasteiger charge is 2.28. The number of fused-ring (bicyclic) bond motifs is 2. The number of piperazine rings is 1. The number of unbranched alkanes of at least 4 members (excludes halogenated alkanes) is 1. The molecule has 2 aromatic heterocycles. The molecule has 41 heavy (non-hydrogen) atoms. The summed E-state index contributed by atoms with van der Waals surface area (Å²) in [6, 6.07) is 18.0. The summed E-state index contributed by atoms with van der Waals surface area (Å²) in [4.78, 5) is 17.8. The highest BCUT2D eigenvalue weighted by atomic mass is 32.1. The monoisotopic (exact) mass is 577 g/mol. The number of hydrogen-bond donors (Lipinski definition) is 1. The maximum atomic E-state index is 12.7. The van der Waals surface area contributed by atoms with Gasteiger partial charge in [-0.05, 0) is 73.0 Å². The van der Waals surface area contributed by atoms with Crippen molar-refractivity contribution in [3.05, 3.63) is 70.3 Å². The molecular weight excluding hydrogens is 534 g/mol. The molecular formula is C33H43N3O4S. The molecule has 1 aliphatic rings. The number of aromatic nitrogens is 1. The van der Waals surface area contributed by atoms with Gasteiger partial charge in [0.05, 0.1) is 12.1 Å². The molecule has 0 radical (unpaired) electrons. The number of ether oxygens (including phenoxy) is 2. The van der Waals surface area contributed by atoms with E-state index < -0.39 is 6.29 Å². The normalized spacial score (nSPS) is 15.6. The van der Waals surface area contributed by atoms with Crippen LogP contribution in [-0.2, 0) is 11.5 Å². The topological polar surface area (TPSA) is 67.2 Å². The van der Waals surface area contributed by atoms with Crippen LogP contribution in [0.2, 0.25) is 0 Å². The van der Waals surface area contributed by atoms with Crippen molar-refractivity contribution in [2.45, 2.75) is 59.5 Å². The smallest absolute Gasteiger partial charge is 0.252 e. The summed E-state index contributed by atoms with van der Waals surface area (Å²) in [6.45, 7) is 12.0. The van der Waals surface area contributed by atoms with E-state index in [1.54, 1.807) is 4.57 Å². The molecule has 2 aromatic carbocycles. The van der Waals surface area contributed by atoms with Crippen molar-refractivity contribution in [3.8, 4) is 5.75 Å². The van der Waals surface area contributed by atoms with Gasteiger partial charge in [-0.2, -0.15) is 0 Å². The van der Waals surface area contributed by atoms with Crippen molar-refractivity contribution >= 4 is 38.0 Å². The summed E-state index contributed by atoms with van der Waals surface area (Å²) in [5.74, 6) is 0.736. The van der Waals surface area contributed by atoms with Crippen molar-refractivity contribution in [2.75, 3.05) is 44.2 Å². The minimum Gasteiger partial charge on any atom is -0.494 e. The Kier molecular flexibility index (Phi) is 9.65. The van der Waals surface area contributed by atoms with Crippen LogP contribution in [0.3, 0.4) is 0 Å². The van der Waals surface area contributed by atoms with Gasteiger partial charge in [-0.25, -0.2) is 0 Å². The lowest BCUT2D eigenvalue weighted by atomic mass is 9.87. The van der Waals surface area contributed by atoms with Gasteiger partial charge in [0, 0.05) is 59.5 Å². The number of hydrogen-bond acceptors (Lipinski definition) is 7. The van der Waals surface area contributed by atoms with Crippen molar-refractivity contribution in [1.29, 1.82) is 0 Å². The first-order valence-electron chi connectivity index (χ1n) is 14.9. The van der Waals surface area contributed by atoms with Gasteiger partial charge in [0.25, 0.3) is 5.56 Å². The number of aliphatic hydroxyl groups is 1. The Morgan fingerprint density at radius 1 is 1.02 bits per heavy atom. The van der Waals surface area contributed by atoms with E-state index >= 15 is 0 Å². The van der Waals surface area contributed by atoms with Crippen LogP contribution >= 0.6 is 11.3 Å². The van der Waals surface area contributed by atoms with Gasteiger partial charge in [0.15, 0.2) is 6.29 Å². The summed E-state index contributed by atoms with van der Waals surface area (Å²) in [6.07, 6.45) is 2.88. The molecule has 1 fully saturated rings. The first-order valence-corrected chi connectivity index (χ1v) is 15.7. The van der Waals surface area contributed by atoms with E-state index in [0.717, 1.165) is 75.1 Å². The third-order valence-corrected chi connectivity index (χ3v) is 9.09. The van der Waals surface area contributed by atoms with Crippen molar-refractivity contribution in [1.82, 2.24) is 9.47 Å². The first-order chi connectivity index (χ1) is 19.9. The Labute approximate surface area is 246 Å². The number of rotatable bonds is 13. The van der Waals surface area contributed by atoms with Crippen LogP contribution in [0.4, 0.5) is 5.69 Å². The van der Waals surface area contributed by atoms with Gasteiger partial charge in [-0.1, -0.05) is 33.3 Å². The zero-order chi connectivity index (χ0) is 28.8. The van der Waals surface area contributed by atoms with Crippen LogP contribution in [-0.4, -0.2) is 60.2 Å². The fourth-order valence-electron chi connectivity index (χ4n) is 5.72. The quantitative estimate of drug-likeness (QED) is 0.148. The lowest BCUT2D eigenvalue weighted by Crippen LogP contribution is -2.46. The van der Waals surface area contributed by atoms with E-state index in [-0.39, 0.29) is 17.7 Å². The molecule has 7 nitrogen and oxygen atoms in total. The largest absolute Gasteiger partial charge is 0.494 e. The molecule has 220 valence electrons. The van der Waals surface area contributed by atoms with Gasteiger partial charge in [-0.15, -0.1) is 11.3 Å². The van der Waals surface area contributed by atoms with Gasteiger partial charge in [0.1, 0.15) is 12.5 Å². The van der Waals surface area contributed by atoms with E-state index in [0.29, 0.717) is 6.61 Å². The molecule has 0 amide bonds. The molecule has 3 heterocycles. The van der Waals surface area contributed by atoms with Crippen LogP contribution in [0.1, 0.15) is 46.5 Å². The third-order valence-electron chi connectivity index (χ3n) is 8.21. The van der Waals surface area contributed by atoms with Crippen LogP contribution in [0.25, 0.3) is 21.0 Å². The Bertz CT molecular complexity index is 1490. The predicted octanol–water partition coefficient (Wildman–Crippen LogP) is 6.32. The lowest BCUT2D eigenvalue weighted by molar-refractivity contribution is -0.186. The number of benzene rings is 2. The summed E-state index contributed by atoms with van der Waals surface area (Å²) in [5, 5.41) is 15.1. The van der Waals surface area contributed by atoms with Crippen molar-refractivity contribution in [3.63, 3.8) is 0 Å². The van der Waals surface area contributed by atoms with E-state index in [9.17, 15) is 9.90 Å². The van der Waals surface area contributed by atoms with E-state index in [4.69, 9.17) is 9.47 Å². The molecule has 0 aliphatic carbocycles. The highest BCUT2D eigenvalue weighted by Crippen LogP contribution is 2.31. The van der Waals surface area contributed by atoms with Crippen LogP contribution in [0.5, 0.6) is 5.75 Å². The SMILES string of the molecule is CCCC(C)(C)C(O)OCn1c(=O)ccc2ccc(OCCCCN3CCN(c4cccc5sccc45)CC3)cc21. The number of pyridine rings is 1. The fraction of sp³-hybridized carbons (Fsp3) is 0.485. The molecule has 1 saturated heterocycles. The van der Waals surface area contributed by atoms with Gasteiger partial charge in [-0.3, -0.25) is 14.3 Å². The van der Waals surface area contributed by atoms with E-state index in [1.165, 1.54) is 21.8 Å². The minimum absolute atomic E-state index is 0.0103. The second-order valence-corrected chi connectivity index (χ2v) is 12.6.